The van der Waals surface area contributed by atoms with E-state index in [9.17, 15) is 4.39 Å². The first-order valence-electron chi connectivity index (χ1n) is 11.3. The average Bonchev–Trinajstić information content (AvgIpc) is 3.25. The maximum absolute atomic E-state index is 13.8. The standard InChI is InChI=1S/C24H29FN4O/c1-29-13-17(19-8-18(25)2-3-21(19)29)7-20(26)23-27-22(28-30-23)12-24-9-14-4-15(10-24)6-16(5-14)11-24/h2-3,8,13-16,20H,4-7,9-12,26H2,1H3/t14?,15?,16?,20-,24?/m0/s1. The summed E-state index contributed by atoms with van der Waals surface area (Å²) in [5.74, 6) is 3.80. The number of aromatic nitrogens is 3. The molecule has 4 aliphatic rings. The van der Waals surface area contributed by atoms with E-state index in [0.717, 1.165) is 46.5 Å². The van der Waals surface area contributed by atoms with Crippen LogP contribution in [-0.4, -0.2) is 14.7 Å². The minimum Gasteiger partial charge on any atom is -0.350 e. The zero-order valence-corrected chi connectivity index (χ0v) is 17.5. The zero-order chi connectivity index (χ0) is 20.5. The van der Waals surface area contributed by atoms with Gasteiger partial charge in [0.2, 0.25) is 5.89 Å². The third-order valence-electron chi connectivity index (χ3n) is 7.97. The van der Waals surface area contributed by atoms with Crippen LogP contribution in [0.15, 0.2) is 28.9 Å². The van der Waals surface area contributed by atoms with Crippen LogP contribution in [0.2, 0.25) is 0 Å². The number of rotatable bonds is 5. The molecular weight excluding hydrogens is 379 g/mol. The number of nitrogens with zero attached hydrogens (tertiary/aromatic N) is 3. The van der Waals surface area contributed by atoms with Gasteiger partial charge in [0.1, 0.15) is 5.82 Å². The van der Waals surface area contributed by atoms with Gasteiger partial charge in [0.15, 0.2) is 5.82 Å². The number of hydrogen-bond acceptors (Lipinski definition) is 4. The van der Waals surface area contributed by atoms with Crippen molar-refractivity contribution in [3.63, 3.8) is 0 Å². The molecule has 4 bridgehead atoms. The monoisotopic (exact) mass is 408 g/mol. The molecule has 0 aliphatic heterocycles. The first-order valence-corrected chi connectivity index (χ1v) is 11.3. The maximum Gasteiger partial charge on any atom is 0.243 e. The van der Waals surface area contributed by atoms with Crippen molar-refractivity contribution in [3.05, 3.63) is 47.5 Å². The van der Waals surface area contributed by atoms with Gasteiger partial charge in [-0.1, -0.05) is 5.16 Å². The van der Waals surface area contributed by atoms with Crippen LogP contribution in [0.1, 0.15) is 61.8 Å². The van der Waals surface area contributed by atoms with Crippen molar-refractivity contribution in [2.45, 2.75) is 57.4 Å². The third-order valence-corrected chi connectivity index (χ3v) is 7.97. The summed E-state index contributed by atoms with van der Waals surface area (Å²) in [6.07, 6.45) is 11.8. The van der Waals surface area contributed by atoms with Crippen molar-refractivity contribution in [3.8, 4) is 0 Å². The van der Waals surface area contributed by atoms with Gasteiger partial charge in [-0.05, 0) is 91.9 Å². The van der Waals surface area contributed by atoms with Crippen molar-refractivity contribution in [1.29, 1.82) is 0 Å². The molecule has 2 aromatic heterocycles. The predicted molar refractivity (Wildman–Crippen MR) is 112 cm³/mol. The topological polar surface area (TPSA) is 69.9 Å². The molecule has 0 saturated heterocycles. The van der Waals surface area contributed by atoms with Crippen molar-refractivity contribution < 1.29 is 8.91 Å². The molecule has 2 heterocycles. The molecule has 1 atom stereocenters. The number of halogens is 1. The largest absolute Gasteiger partial charge is 0.350 e. The number of hydrogen-bond donors (Lipinski definition) is 1. The van der Waals surface area contributed by atoms with Crippen LogP contribution in [-0.2, 0) is 19.9 Å². The van der Waals surface area contributed by atoms with Gasteiger partial charge in [-0.15, -0.1) is 0 Å². The Kier molecular flexibility index (Phi) is 4.11. The summed E-state index contributed by atoms with van der Waals surface area (Å²) in [7, 11) is 1.96. The van der Waals surface area contributed by atoms with E-state index in [0.29, 0.717) is 17.7 Å². The van der Waals surface area contributed by atoms with Crippen LogP contribution in [0, 0.1) is 29.0 Å². The van der Waals surface area contributed by atoms with Crippen LogP contribution in [0.25, 0.3) is 10.9 Å². The minimum atomic E-state index is -0.392. The Hall–Kier alpha value is -2.21. The van der Waals surface area contributed by atoms with Crippen LogP contribution in [0.3, 0.4) is 0 Å². The smallest absolute Gasteiger partial charge is 0.243 e. The Morgan fingerprint density at radius 3 is 2.60 bits per heavy atom. The molecule has 1 aromatic carbocycles. The van der Waals surface area contributed by atoms with Crippen LogP contribution < -0.4 is 5.73 Å². The molecule has 3 aromatic rings. The number of aryl methyl sites for hydroxylation is 1. The van der Waals surface area contributed by atoms with E-state index in [-0.39, 0.29) is 5.82 Å². The van der Waals surface area contributed by atoms with Crippen molar-refractivity contribution in [2.24, 2.45) is 36.0 Å². The SMILES string of the molecule is Cn1cc(C[C@H](N)c2nc(CC34CC5CC(CC(C5)C3)C4)no2)c2cc(F)ccc21. The lowest BCUT2D eigenvalue weighted by atomic mass is 9.49. The van der Waals surface area contributed by atoms with Gasteiger partial charge in [-0.2, -0.15) is 4.98 Å². The van der Waals surface area contributed by atoms with E-state index in [1.54, 1.807) is 12.1 Å². The van der Waals surface area contributed by atoms with Crippen molar-refractivity contribution in [2.75, 3.05) is 0 Å². The molecular formula is C24H29FN4O. The molecule has 4 fully saturated rings. The Labute approximate surface area is 175 Å². The summed E-state index contributed by atoms with van der Waals surface area (Å²) < 4.78 is 21.4. The molecule has 7 rings (SSSR count). The van der Waals surface area contributed by atoms with Crippen LogP contribution >= 0.6 is 0 Å². The third kappa shape index (κ3) is 3.08. The average molecular weight is 409 g/mol. The minimum absolute atomic E-state index is 0.237. The van der Waals surface area contributed by atoms with Gasteiger partial charge in [-0.25, -0.2) is 4.39 Å². The first-order chi connectivity index (χ1) is 14.5. The van der Waals surface area contributed by atoms with Crippen LogP contribution in [0.4, 0.5) is 4.39 Å². The van der Waals surface area contributed by atoms with Crippen LogP contribution in [0.5, 0.6) is 0 Å². The summed E-state index contributed by atoms with van der Waals surface area (Å²) in [5.41, 5.74) is 8.82. The highest BCUT2D eigenvalue weighted by atomic mass is 19.1. The fraction of sp³-hybridized carbons (Fsp3) is 0.583. The fourth-order valence-electron chi connectivity index (χ4n) is 7.26. The molecule has 4 aliphatic carbocycles. The lowest BCUT2D eigenvalue weighted by Gasteiger charge is -2.56. The summed E-state index contributed by atoms with van der Waals surface area (Å²) in [6, 6.07) is 4.47. The molecule has 2 N–H and O–H groups in total. The van der Waals surface area contributed by atoms with Crippen molar-refractivity contribution in [1.82, 2.24) is 14.7 Å². The van der Waals surface area contributed by atoms with E-state index >= 15 is 0 Å². The van der Waals surface area contributed by atoms with Gasteiger partial charge in [0, 0.05) is 30.6 Å². The quantitative estimate of drug-likeness (QED) is 0.664. The summed E-state index contributed by atoms with van der Waals surface area (Å²) in [6.45, 7) is 0. The molecule has 158 valence electrons. The summed E-state index contributed by atoms with van der Waals surface area (Å²) in [5, 5.41) is 5.20. The highest BCUT2D eigenvalue weighted by Crippen LogP contribution is 2.60. The second-order valence-electron chi connectivity index (χ2n) is 10.4. The molecule has 4 saturated carbocycles. The van der Waals surface area contributed by atoms with E-state index < -0.39 is 6.04 Å². The van der Waals surface area contributed by atoms with Gasteiger partial charge in [-0.3, -0.25) is 0 Å². The van der Waals surface area contributed by atoms with Gasteiger partial charge in [0.05, 0.1) is 6.04 Å². The molecule has 0 radical (unpaired) electrons. The summed E-state index contributed by atoms with van der Waals surface area (Å²) in [4.78, 5) is 4.70. The number of fused-ring (bicyclic) bond motifs is 1. The van der Waals surface area contributed by atoms with Gasteiger partial charge >= 0.3 is 0 Å². The molecule has 5 nitrogen and oxygen atoms in total. The number of benzene rings is 1. The maximum atomic E-state index is 13.8. The molecule has 0 unspecified atom stereocenters. The molecule has 30 heavy (non-hydrogen) atoms. The van der Waals surface area contributed by atoms with E-state index in [1.165, 1.54) is 44.6 Å². The zero-order valence-electron chi connectivity index (χ0n) is 17.5. The highest BCUT2D eigenvalue weighted by Gasteiger charge is 2.51. The molecule has 0 amide bonds. The fourth-order valence-corrected chi connectivity index (χ4v) is 7.26. The van der Waals surface area contributed by atoms with E-state index in [2.05, 4.69) is 5.16 Å². The van der Waals surface area contributed by atoms with E-state index in [4.69, 9.17) is 15.2 Å². The van der Waals surface area contributed by atoms with E-state index in [1.807, 2.05) is 17.8 Å². The second-order valence-corrected chi connectivity index (χ2v) is 10.4. The normalized spacial score (nSPS) is 31.0. The first kappa shape index (κ1) is 18.6. The summed E-state index contributed by atoms with van der Waals surface area (Å²) >= 11 is 0. The van der Waals surface area contributed by atoms with Gasteiger partial charge < -0.3 is 14.8 Å². The Morgan fingerprint density at radius 1 is 1.20 bits per heavy atom. The second kappa shape index (κ2) is 6.64. The Balaban J connectivity index is 1.20. The Bertz CT molecular complexity index is 1060. The molecule has 6 heteroatoms. The molecule has 0 spiro atoms. The lowest BCUT2D eigenvalue weighted by Crippen LogP contribution is -2.47. The van der Waals surface area contributed by atoms with Gasteiger partial charge in [0.25, 0.3) is 0 Å². The lowest BCUT2D eigenvalue weighted by molar-refractivity contribution is -0.0533. The van der Waals surface area contributed by atoms with Crippen molar-refractivity contribution >= 4 is 10.9 Å². The number of nitrogens with two attached hydrogens (primary N) is 1. The highest BCUT2D eigenvalue weighted by molar-refractivity contribution is 5.84. The predicted octanol–water partition coefficient (Wildman–Crippen LogP) is 4.70. The Morgan fingerprint density at radius 2 is 1.90 bits per heavy atom.